The molecule has 0 spiro atoms. The minimum atomic E-state index is 0.266. The molecule has 0 saturated carbocycles. The van der Waals surface area contributed by atoms with Crippen LogP contribution in [0.25, 0.3) is 0 Å². The van der Waals surface area contributed by atoms with Crippen molar-refractivity contribution in [3.63, 3.8) is 0 Å². The van der Waals surface area contributed by atoms with Crippen LogP contribution >= 0.6 is 11.8 Å². The average Bonchev–Trinajstić information content (AvgIpc) is 2.71. The summed E-state index contributed by atoms with van der Waals surface area (Å²) < 4.78 is 11.8. The second-order valence-corrected chi connectivity index (χ2v) is 6.68. The third-order valence-corrected chi connectivity index (χ3v) is 4.84. The summed E-state index contributed by atoms with van der Waals surface area (Å²) in [6.07, 6.45) is 8.87. The highest BCUT2D eigenvalue weighted by molar-refractivity contribution is 8.05. The molecule has 2 N–H and O–H groups in total. The van der Waals surface area contributed by atoms with Gasteiger partial charge in [0.2, 0.25) is 5.88 Å². The number of nitrogens with two attached hydrogens (primary N) is 1. The summed E-state index contributed by atoms with van der Waals surface area (Å²) in [6, 6.07) is 13.9. The van der Waals surface area contributed by atoms with Gasteiger partial charge in [0.25, 0.3) is 5.95 Å². The largest absolute Gasteiger partial charge is 0.425 e. The van der Waals surface area contributed by atoms with Gasteiger partial charge in [0, 0.05) is 23.0 Å². The van der Waals surface area contributed by atoms with Crippen LogP contribution in [0.1, 0.15) is 17.9 Å². The maximum absolute atomic E-state index is 6.02. The minimum absolute atomic E-state index is 0.266. The van der Waals surface area contributed by atoms with Crippen molar-refractivity contribution < 1.29 is 9.47 Å². The summed E-state index contributed by atoms with van der Waals surface area (Å²) >= 11 is 1.53. The number of anilines is 1. The molecule has 0 fully saturated rings. The van der Waals surface area contributed by atoms with Crippen LogP contribution in [0.4, 0.5) is 5.69 Å². The van der Waals surface area contributed by atoms with Crippen molar-refractivity contribution in [3.8, 4) is 5.88 Å². The van der Waals surface area contributed by atoms with E-state index in [0.29, 0.717) is 17.5 Å². The van der Waals surface area contributed by atoms with Gasteiger partial charge in [-0.25, -0.2) is 4.98 Å². The Bertz CT molecular complexity index is 899. The van der Waals surface area contributed by atoms with Crippen LogP contribution in [-0.4, -0.2) is 4.98 Å². The van der Waals surface area contributed by atoms with Crippen LogP contribution in [0, 0.1) is 0 Å². The molecule has 1 unspecified atom stereocenters. The van der Waals surface area contributed by atoms with Crippen LogP contribution in [0.15, 0.2) is 95.0 Å². The number of rotatable bonds is 4. The first-order valence-electron chi connectivity index (χ1n) is 8.34. The van der Waals surface area contributed by atoms with Crippen LogP contribution < -0.4 is 10.5 Å². The van der Waals surface area contributed by atoms with Crippen molar-refractivity contribution in [1.82, 2.24) is 4.98 Å². The van der Waals surface area contributed by atoms with Crippen LogP contribution in [0.5, 0.6) is 5.88 Å². The van der Waals surface area contributed by atoms with E-state index in [1.54, 1.807) is 18.3 Å². The zero-order chi connectivity index (χ0) is 17.8. The average molecular weight is 362 g/mol. The fourth-order valence-corrected chi connectivity index (χ4v) is 3.50. The van der Waals surface area contributed by atoms with E-state index in [0.717, 1.165) is 17.8 Å². The molecule has 5 heteroatoms. The minimum Gasteiger partial charge on any atom is -0.425 e. The van der Waals surface area contributed by atoms with E-state index < -0.39 is 0 Å². The monoisotopic (exact) mass is 362 g/mol. The van der Waals surface area contributed by atoms with E-state index in [4.69, 9.17) is 15.2 Å². The molecule has 1 aliphatic heterocycles. The zero-order valence-electron chi connectivity index (χ0n) is 14.0. The van der Waals surface area contributed by atoms with Gasteiger partial charge < -0.3 is 15.2 Å². The summed E-state index contributed by atoms with van der Waals surface area (Å²) in [5.41, 5.74) is 8.67. The Morgan fingerprint density at radius 1 is 1.12 bits per heavy atom. The Morgan fingerprint density at radius 3 is 2.81 bits per heavy atom. The molecule has 0 saturated heterocycles. The maximum Gasteiger partial charge on any atom is 0.298 e. The predicted octanol–water partition coefficient (Wildman–Crippen LogP) is 5.12. The molecule has 26 heavy (non-hydrogen) atoms. The van der Waals surface area contributed by atoms with Gasteiger partial charge in [-0.2, -0.15) is 0 Å². The quantitative estimate of drug-likeness (QED) is 0.818. The smallest absolute Gasteiger partial charge is 0.298 e. The van der Waals surface area contributed by atoms with Crippen molar-refractivity contribution in [2.24, 2.45) is 0 Å². The van der Waals surface area contributed by atoms with Gasteiger partial charge >= 0.3 is 0 Å². The summed E-state index contributed by atoms with van der Waals surface area (Å²) in [5.74, 6) is 1.93. The van der Waals surface area contributed by atoms with E-state index in [2.05, 4.69) is 47.5 Å². The number of pyridine rings is 1. The van der Waals surface area contributed by atoms with Crippen molar-refractivity contribution in [3.05, 3.63) is 101 Å². The van der Waals surface area contributed by atoms with Gasteiger partial charge in [0.05, 0.1) is 17.3 Å². The molecule has 0 bridgehead atoms. The summed E-state index contributed by atoms with van der Waals surface area (Å²) in [6.45, 7) is 0. The number of hydrogen-bond donors (Lipinski definition) is 1. The molecule has 2 aliphatic rings. The Hall–Kier alpha value is -2.92. The number of ether oxygens (including phenoxy) is 2. The van der Waals surface area contributed by atoms with Gasteiger partial charge in [-0.05, 0) is 18.1 Å². The fraction of sp³-hybridized carbons (Fsp3) is 0.0952. The lowest BCUT2D eigenvalue weighted by Crippen LogP contribution is -2.12. The first-order valence-corrected chi connectivity index (χ1v) is 9.29. The number of nitrogen functional groups attached to an aromatic ring is 1. The van der Waals surface area contributed by atoms with E-state index >= 15 is 0 Å². The first kappa shape index (κ1) is 16.5. The lowest BCUT2D eigenvalue weighted by Gasteiger charge is -2.25. The van der Waals surface area contributed by atoms with Crippen molar-refractivity contribution in [2.75, 3.05) is 5.73 Å². The molecule has 2 aromatic rings. The number of nitrogens with zero attached hydrogens (tertiary/aromatic N) is 1. The molecule has 1 aromatic carbocycles. The maximum atomic E-state index is 6.02. The fourth-order valence-electron chi connectivity index (χ4n) is 2.92. The Morgan fingerprint density at radius 2 is 2.00 bits per heavy atom. The number of thioether (sulfide) groups is 1. The number of benzene rings is 1. The topological polar surface area (TPSA) is 57.4 Å². The molecule has 1 aliphatic carbocycles. The van der Waals surface area contributed by atoms with Crippen molar-refractivity contribution in [2.45, 2.75) is 12.3 Å². The van der Waals surface area contributed by atoms with Gasteiger partial charge in [-0.3, -0.25) is 0 Å². The summed E-state index contributed by atoms with van der Waals surface area (Å²) in [4.78, 5) is 4.15. The van der Waals surface area contributed by atoms with Gasteiger partial charge in [-0.15, -0.1) is 0 Å². The predicted molar refractivity (Wildman–Crippen MR) is 105 cm³/mol. The molecular formula is C21H18N2O2S. The lowest BCUT2D eigenvalue weighted by atomic mass is 9.84. The molecule has 0 radical (unpaired) electrons. The van der Waals surface area contributed by atoms with Gasteiger partial charge in [0.15, 0.2) is 0 Å². The SMILES string of the molecule is Nc1ccc(OC2=CSC=C(C3=CC=CCC3c3ccccc3)O2)nc1. The molecule has 1 atom stereocenters. The second kappa shape index (κ2) is 7.54. The molecule has 4 nitrogen and oxygen atoms in total. The molecule has 4 rings (SSSR count). The lowest BCUT2D eigenvalue weighted by molar-refractivity contribution is 0.161. The highest BCUT2D eigenvalue weighted by Gasteiger charge is 2.24. The zero-order valence-corrected chi connectivity index (χ0v) is 14.9. The van der Waals surface area contributed by atoms with Gasteiger partial charge in [0.1, 0.15) is 5.76 Å². The van der Waals surface area contributed by atoms with Crippen LogP contribution in [0.3, 0.4) is 0 Å². The van der Waals surface area contributed by atoms with Crippen LogP contribution in [-0.2, 0) is 4.74 Å². The molecule has 1 aromatic heterocycles. The number of allylic oxidation sites excluding steroid dienone is 4. The Kier molecular flexibility index (Phi) is 4.80. The first-order chi connectivity index (χ1) is 12.8. The third kappa shape index (κ3) is 3.68. The molecular weight excluding hydrogens is 344 g/mol. The Labute approximate surface area is 156 Å². The number of hydrogen-bond acceptors (Lipinski definition) is 5. The van der Waals surface area contributed by atoms with E-state index in [9.17, 15) is 0 Å². The highest BCUT2D eigenvalue weighted by Crippen LogP contribution is 2.39. The van der Waals surface area contributed by atoms with E-state index in [1.165, 1.54) is 17.3 Å². The highest BCUT2D eigenvalue weighted by atomic mass is 32.2. The van der Waals surface area contributed by atoms with Crippen molar-refractivity contribution >= 4 is 17.4 Å². The Balaban J connectivity index is 1.52. The molecule has 130 valence electrons. The van der Waals surface area contributed by atoms with Crippen LogP contribution in [0.2, 0.25) is 0 Å². The second-order valence-electron chi connectivity index (χ2n) is 5.94. The molecule has 2 heterocycles. The van der Waals surface area contributed by atoms with Crippen molar-refractivity contribution in [1.29, 1.82) is 0 Å². The standard InChI is InChI=1S/C21H18N2O2S/c22-16-10-11-20(23-12-16)25-21-14-26-13-19(24-21)18-9-5-4-8-17(18)15-6-2-1-3-7-15/h1-7,9-14,17H,8,22H2. The number of aromatic nitrogens is 1. The normalized spacial score (nSPS) is 19.1. The molecule has 0 amide bonds. The van der Waals surface area contributed by atoms with Gasteiger partial charge in [-0.1, -0.05) is 60.3 Å². The van der Waals surface area contributed by atoms with E-state index in [-0.39, 0.29) is 5.92 Å². The van der Waals surface area contributed by atoms with E-state index in [1.807, 2.05) is 16.9 Å². The third-order valence-electron chi connectivity index (χ3n) is 4.16. The summed E-state index contributed by atoms with van der Waals surface area (Å²) in [5, 5.41) is 3.82. The summed E-state index contributed by atoms with van der Waals surface area (Å²) in [7, 11) is 0.